The van der Waals surface area contributed by atoms with Gasteiger partial charge in [0.05, 0.1) is 22.8 Å². The van der Waals surface area contributed by atoms with Crippen molar-refractivity contribution in [3.05, 3.63) is 112 Å². The first-order valence-electron chi connectivity index (χ1n) is 10.6. The standard InChI is InChI=1S/C28H20N2S4/c1(21-9-13-31-17-21)5-25-26(6-2-22-10-14-32-18-22)30-28(8-4-24-12-16-34-20-24)27(29-25)7-3-23-11-15-33-19-23/h1-20H/b5-1+,6-2+,7-3+,8-4+. The van der Waals surface area contributed by atoms with Crippen molar-refractivity contribution >= 4 is 94.0 Å². The van der Waals surface area contributed by atoms with Gasteiger partial charge in [-0.25, -0.2) is 9.97 Å². The number of hydrogen-bond donors (Lipinski definition) is 0. The number of thiophene rings is 4. The van der Waals surface area contributed by atoms with Crippen molar-refractivity contribution in [1.82, 2.24) is 9.97 Å². The Morgan fingerprint density at radius 1 is 0.382 bits per heavy atom. The van der Waals surface area contributed by atoms with Gasteiger partial charge >= 0.3 is 0 Å². The number of hydrogen-bond acceptors (Lipinski definition) is 6. The fourth-order valence-electron chi connectivity index (χ4n) is 3.16. The first kappa shape index (κ1) is 22.6. The van der Waals surface area contributed by atoms with E-state index in [1.165, 1.54) is 0 Å². The van der Waals surface area contributed by atoms with Gasteiger partial charge in [0.1, 0.15) is 0 Å². The largest absolute Gasteiger partial charge is 0.245 e. The van der Waals surface area contributed by atoms with Crippen LogP contribution in [0.2, 0.25) is 0 Å². The van der Waals surface area contributed by atoms with Crippen LogP contribution in [0.4, 0.5) is 0 Å². The molecule has 2 nitrogen and oxygen atoms in total. The zero-order valence-electron chi connectivity index (χ0n) is 18.1. The summed E-state index contributed by atoms with van der Waals surface area (Å²) < 4.78 is 0. The number of aromatic nitrogens is 2. The van der Waals surface area contributed by atoms with Gasteiger partial charge in [-0.1, -0.05) is 24.3 Å². The maximum Gasteiger partial charge on any atom is 0.0894 e. The van der Waals surface area contributed by atoms with Gasteiger partial charge in [0.15, 0.2) is 0 Å². The first-order valence-corrected chi connectivity index (χ1v) is 14.3. The lowest BCUT2D eigenvalue weighted by Gasteiger charge is -2.07. The Morgan fingerprint density at radius 3 is 0.853 bits per heavy atom. The van der Waals surface area contributed by atoms with E-state index in [1.54, 1.807) is 45.3 Å². The molecule has 0 saturated heterocycles. The van der Waals surface area contributed by atoms with Gasteiger partial charge in [0.25, 0.3) is 0 Å². The van der Waals surface area contributed by atoms with E-state index >= 15 is 0 Å². The van der Waals surface area contributed by atoms with Crippen molar-refractivity contribution < 1.29 is 0 Å². The summed E-state index contributed by atoms with van der Waals surface area (Å²) in [6, 6.07) is 8.41. The van der Waals surface area contributed by atoms with Gasteiger partial charge in [-0.05, 0) is 114 Å². The minimum Gasteiger partial charge on any atom is -0.245 e. The second-order valence-corrected chi connectivity index (χ2v) is 10.4. The second-order valence-electron chi connectivity index (χ2n) is 7.32. The average molecular weight is 513 g/mol. The van der Waals surface area contributed by atoms with Crippen LogP contribution in [0.15, 0.2) is 67.3 Å². The van der Waals surface area contributed by atoms with Crippen molar-refractivity contribution in [2.45, 2.75) is 0 Å². The van der Waals surface area contributed by atoms with Gasteiger partial charge in [-0.2, -0.15) is 45.3 Å². The lowest BCUT2D eigenvalue weighted by Crippen LogP contribution is -1.99. The molecule has 5 rings (SSSR count). The van der Waals surface area contributed by atoms with E-state index in [2.05, 4.69) is 116 Å². The molecule has 0 aliphatic heterocycles. The SMILES string of the molecule is C(=C\c1nc(/C=C/c2ccsc2)c(/C=C/c2ccsc2)nc1/C=C/c1ccsc1)/c1ccsc1. The molecule has 5 heterocycles. The summed E-state index contributed by atoms with van der Waals surface area (Å²) in [7, 11) is 0. The fourth-order valence-corrected chi connectivity index (χ4v) is 5.67. The van der Waals surface area contributed by atoms with Crippen LogP contribution in [0.1, 0.15) is 45.0 Å². The summed E-state index contributed by atoms with van der Waals surface area (Å²) in [5.74, 6) is 0. The molecule has 6 heteroatoms. The molecule has 0 unspecified atom stereocenters. The van der Waals surface area contributed by atoms with Crippen molar-refractivity contribution in [2.75, 3.05) is 0 Å². The van der Waals surface area contributed by atoms with Crippen LogP contribution >= 0.6 is 45.3 Å². The van der Waals surface area contributed by atoms with E-state index in [4.69, 9.17) is 9.97 Å². The predicted octanol–water partition coefficient (Wildman–Crippen LogP) is 9.40. The molecule has 0 aliphatic carbocycles. The van der Waals surface area contributed by atoms with Crippen LogP contribution in [-0.2, 0) is 0 Å². The Hall–Kier alpha value is -3.16. The lowest BCUT2D eigenvalue weighted by molar-refractivity contribution is 1.12. The monoisotopic (exact) mass is 512 g/mol. The predicted molar refractivity (Wildman–Crippen MR) is 155 cm³/mol. The minimum absolute atomic E-state index is 0.843. The minimum atomic E-state index is 0.843. The molecule has 166 valence electrons. The molecule has 0 saturated carbocycles. The summed E-state index contributed by atoms with van der Waals surface area (Å²) in [5, 5.41) is 16.8. The first-order chi connectivity index (χ1) is 16.8. The third kappa shape index (κ3) is 6.04. The zero-order valence-corrected chi connectivity index (χ0v) is 21.3. The van der Waals surface area contributed by atoms with Gasteiger partial charge in [-0.3, -0.25) is 0 Å². The molecule has 0 aromatic carbocycles. The molecule has 0 aliphatic rings. The highest BCUT2D eigenvalue weighted by Gasteiger charge is 2.08. The van der Waals surface area contributed by atoms with Gasteiger partial charge in [0.2, 0.25) is 0 Å². The van der Waals surface area contributed by atoms with Crippen LogP contribution in [0.5, 0.6) is 0 Å². The molecule has 5 aromatic heterocycles. The summed E-state index contributed by atoms with van der Waals surface area (Å²) >= 11 is 6.75. The van der Waals surface area contributed by atoms with E-state index in [0.717, 1.165) is 45.0 Å². The highest BCUT2D eigenvalue weighted by atomic mass is 32.1. The van der Waals surface area contributed by atoms with Crippen LogP contribution in [0.25, 0.3) is 48.6 Å². The molecule has 5 aromatic rings. The lowest BCUT2D eigenvalue weighted by atomic mass is 10.1. The Balaban J connectivity index is 1.59. The van der Waals surface area contributed by atoms with E-state index in [1.807, 2.05) is 0 Å². The van der Waals surface area contributed by atoms with Crippen LogP contribution < -0.4 is 0 Å². The van der Waals surface area contributed by atoms with Crippen LogP contribution in [0.3, 0.4) is 0 Å². The molecular formula is C28H20N2S4. The molecule has 0 spiro atoms. The second kappa shape index (κ2) is 11.3. The Labute approximate surface area is 215 Å². The summed E-state index contributed by atoms with van der Waals surface area (Å²) in [6.45, 7) is 0. The normalized spacial score (nSPS) is 12.2. The third-order valence-corrected chi connectivity index (χ3v) is 7.72. The van der Waals surface area contributed by atoms with Crippen molar-refractivity contribution in [3.8, 4) is 0 Å². The quantitative estimate of drug-likeness (QED) is 0.207. The maximum atomic E-state index is 5.04. The summed E-state index contributed by atoms with van der Waals surface area (Å²) in [5.41, 5.74) is 8.02. The van der Waals surface area contributed by atoms with Crippen LogP contribution in [0, 0.1) is 0 Å². The van der Waals surface area contributed by atoms with E-state index in [0.29, 0.717) is 0 Å². The fraction of sp³-hybridized carbons (Fsp3) is 0. The van der Waals surface area contributed by atoms with E-state index < -0.39 is 0 Å². The third-order valence-electron chi connectivity index (χ3n) is 4.91. The van der Waals surface area contributed by atoms with E-state index in [9.17, 15) is 0 Å². The molecule has 0 fully saturated rings. The molecular weight excluding hydrogens is 493 g/mol. The van der Waals surface area contributed by atoms with Gasteiger partial charge in [0, 0.05) is 0 Å². The van der Waals surface area contributed by atoms with E-state index in [-0.39, 0.29) is 0 Å². The highest BCUT2D eigenvalue weighted by molar-refractivity contribution is 7.08. The van der Waals surface area contributed by atoms with Crippen molar-refractivity contribution in [1.29, 1.82) is 0 Å². The topological polar surface area (TPSA) is 25.8 Å². The smallest absolute Gasteiger partial charge is 0.0894 e. The number of rotatable bonds is 8. The highest BCUT2D eigenvalue weighted by Crippen LogP contribution is 2.21. The van der Waals surface area contributed by atoms with Gasteiger partial charge < -0.3 is 0 Å². The summed E-state index contributed by atoms with van der Waals surface area (Å²) in [6.07, 6.45) is 16.6. The average Bonchev–Trinajstić information content (AvgIpc) is 3.68. The Kier molecular flexibility index (Phi) is 7.53. The molecule has 0 radical (unpaired) electrons. The van der Waals surface area contributed by atoms with Gasteiger partial charge in [-0.15, -0.1) is 0 Å². The molecule has 0 atom stereocenters. The maximum absolute atomic E-state index is 5.04. The molecule has 0 bridgehead atoms. The van der Waals surface area contributed by atoms with Crippen molar-refractivity contribution in [3.63, 3.8) is 0 Å². The summed E-state index contributed by atoms with van der Waals surface area (Å²) in [4.78, 5) is 10.1. The Morgan fingerprint density at radius 2 is 0.647 bits per heavy atom. The Bertz CT molecular complexity index is 1200. The molecule has 0 amide bonds. The number of nitrogens with zero attached hydrogens (tertiary/aromatic N) is 2. The molecule has 0 N–H and O–H groups in total. The van der Waals surface area contributed by atoms with Crippen LogP contribution in [-0.4, -0.2) is 9.97 Å². The molecule has 34 heavy (non-hydrogen) atoms. The zero-order chi connectivity index (χ0) is 23.0. The van der Waals surface area contributed by atoms with Crippen molar-refractivity contribution in [2.24, 2.45) is 0 Å².